The van der Waals surface area contributed by atoms with Crippen molar-refractivity contribution in [1.29, 1.82) is 0 Å². The molecule has 7 nitrogen and oxygen atoms in total. The fourth-order valence-corrected chi connectivity index (χ4v) is 4.51. The number of nitrogens with zero attached hydrogens (tertiary/aromatic N) is 3. The van der Waals surface area contributed by atoms with Gasteiger partial charge in [0.25, 0.3) is 0 Å². The number of carbonyl (C=O) groups is 3. The van der Waals surface area contributed by atoms with Gasteiger partial charge in [-0.3, -0.25) is 19.3 Å². The Morgan fingerprint density at radius 2 is 1.50 bits per heavy atom. The molecule has 0 aromatic heterocycles. The molecule has 1 aromatic rings. The number of piperidine rings is 1. The number of hydrogen-bond donors (Lipinski definition) is 1. The van der Waals surface area contributed by atoms with E-state index in [0.717, 1.165) is 37.4 Å². The van der Waals surface area contributed by atoms with E-state index in [1.807, 2.05) is 34.1 Å². The van der Waals surface area contributed by atoms with E-state index in [4.69, 9.17) is 0 Å². The Morgan fingerprint density at radius 1 is 0.900 bits per heavy atom. The van der Waals surface area contributed by atoms with Crippen LogP contribution in [0.25, 0.3) is 0 Å². The highest BCUT2D eigenvalue weighted by molar-refractivity contribution is 5.88. The van der Waals surface area contributed by atoms with Crippen LogP contribution in [-0.4, -0.2) is 78.2 Å². The summed E-state index contributed by atoms with van der Waals surface area (Å²) >= 11 is 0. The van der Waals surface area contributed by atoms with Crippen molar-refractivity contribution in [2.24, 2.45) is 11.8 Å². The van der Waals surface area contributed by atoms with Crippen molar-refractivity contribution in [2.75, 3.05) is 51.1 Å². The van der Waals surface area contributed by atoms with Crippen LogP contribution in [0, 0.1) is 11.8 Å². The van der Waals surface area contributed by atoms with Crippen molar-refractivity contribution < 1.29 is 14.4 Å². The third-order valence-electron chi connectivity index (χ3n) is 5.94. The van der Waals surface area contributed by atoms with Gasteiger partial charge >= 0.3 is 0 Å². The first-order valence-electron chi connectivity index (χ1n) is 10.9. The van der Waals surface area contributed by atoms with Crippen LogP contribution in [0.3, 0.4) is 0 Å². The van der Waals surface area contributed by atoms with Crippen molar-refractivity contribution in [1.82, 2.24) is 14.7 Å². The lowest BCUT2D eigenvalue weighted by Crippen LogP contribution is -2.53. The minimum absolute atomic E-state index is 0.104. The van der Waals surface area contributed by atoms with Crippen LogP contribution in [0.1, 0.15) is 32.8 Å². The van der Waals surface area contributed by atoms with Gasteiger partial charge in [-0.1, -0.05) is 26.0 Å². The van der Waals surface area contributed by atoms with Gasteiger partial charge in [0.2, 0.25) is 17.7 Å². The quantitative estimate of drug-likeness (QED) is 0.798. The number of amides is 3. The average molecular weight is 415 g/mol. The third kappa shape index (κ3) is 6.29. The number of rotatable bonds is 5. The maximum Gasteiger partial charge on any atom is 0.236 e. The summed E-state index contributed by atoms with van der Waals surface area (Å²) in [6.45, 7) is 10.9. The second-order valence-corrected chi connectivity index (χ2v) is 8.96. The van der Waals surface area contributed by atoms with E-state index in [2.05, 4.69) is 24.1 Å². The topological polar surface area (TPSA) is 73.0 Å². The molecule has 2 atom stereocenters. The molecule has 164 valence electrons. The lowest BCUT2D eigenvalue weighted by atomic mass is 9.92. The molecule has 3 rings (SSSR count). The average Bonchev–Trinajstić information content (AvgIpc) is 2.69. The third-order valence-corrected chi connectivity index (χ3v) is 5.94. The maximum atomic E-state index is 12.7. The Balaban J connectivity index is 1.43. The van der Waals surface area contributed by atoms with E-state index in [1.165, 1.54) is 13.3 Å². The molecule has 0 aliphatic carbocycles. The summed E-state index contributed by atoms with van der Waals surface area (Å²) in [5, 5.41) is 2.73. The monoisotopic (exact) mass is 414 g/mol. The van der Waals surface area contributed by atoms with Crippen LogP contribution in [0.4, 0.5) is 5.69 Å². The van der Waals surface area contributed by atoms with Crippen LogP contribution in [0.5, 0.6) is 0 Å². The number of piperazine rings is 1. The van der Waals surface area contributed by atoms with Gasteiger partial charge in [0.1, 0.15) is 0 Å². The second-order valence-electron chi connectivity index (χ2n) is 8.96. The standard InChI is InChI=1S/C23H34N4O3/c1-17-12-18(2)15-27(14-17)23(30)16-25-8-10-26(11-9-25)22(29)13-20-4-6-21(7-5-20)24-19(3)28/h4-7,17-18H,8-16H2,1-3H3,(H,24,28). The van der Waals surface area contributed by atoms with Crippen LogP contribution >= 0.6 is 0 Å². The maximum absolute atomic E-state index is 12.7. The smallest absolute Gasteiger partial charge is 0.236 e. The van der Waals surface area contributed by atoms with Gasteiger partial charge in [-0.25, -0.2) is 0 Å². The number of anilines is 1. The minimum Gasteiger partial charge on any atom is -0.341 e. The molecule has 1 N–H and O–H groups in total. The zero-order valence-corrected chi connectivity index (χ0v) is 18.4. The van der Waals surface area contributed by atoms with Gasteiger partial charge < -0.3 is 15.1 Å². The first kappa shape index (κ1) is 22.3. The highest BCUT2D eigenvalue weighted by Gasteiger charge is 2.28. The Morgan fingerprint density at radius 3 is 2.07 bits per heavy atom. The zero-order chi connectivity index (χ0) is 21.7. The molecule has 2 aliphatic rings. The van der Waals surface area contributed by atoms with Gasteiger partial charge in [0, 0.05) is 51.9 Å². The zero-order valence-electron chi connectivity index (χ0n) is 18.4. The van der Waals surface area contributed by atoms with E-state index in [1.54, 1.807) is 0 Å². The van der Waals surface area contributed by atoms with Gasteiger partial charge in [0.15, 0.2) is 0 Å². The number of nitrogens with one attached hydrogen (secondary N) is 1. The normalized spacial score (nSPS) is 22.6. The van der Waals surface area contributed by atoms with E-state index < -0.39 is 0 Å². The largest absolute Gasteiger partial charge is 0.341 e. The number of hydrogen-bond acceptors (Lipinski definition) is 4. The Labute approximate surface area is 179 Å². The molecule has 0 radical (unpaired) electrons. The SMILES string of the molecule is CC(=O)Nc1ccc(CC(=O)N2CCN(CC(=O)N3CC(C)CC(C)C3)CC2)cc1. The van der Waals surface area contributed by atoms with E-state index >= 15 is 0 Å². The number of benzene rings is 1. The van der Waals surface area contributed by atoms with E-state index in [-0.39, 0.29) is 17.7 Å². The molecule has 2 saturated heterocycles. The van der Waals surface area contributed by atoms with Crippen LogP contribution in [-0.2, 0) is 20.8 Å². The molecule has 2 heterocycles. The molecule has 0 bridgehead atoms. The summed E-state index contributed by atoms with van der Waals surface area (Å²) in [7, 11) is 0. The number of likely N-dealkylation sites (tertiary alicyclic amines) is 1. The summed E-state index contributed by atoms with van der Waals surface area (Å²) in [4.78, 5) is 42.5. The van der Waals surface area contributed by atoms with Crippen molar-refractivity contribution in [2.45, 2.75) is 33.6 Å². The first-order valence-corrected chi connectivity index (χ1v) is 10.9. The predicted octanol–water partition coefficient (Wildman–Crippen LogP) is 1.84. The molecule has 3 amide bonds. The molecule has 0 saturated carbocycles. The molecular weight excluding hydrogens is 380 g/mol. The van der Waals surface area contributed by atoms with Crippen molar-refractivity contribution in [3.63, 3.8) is 0 Å². The van der Waals surface area contributed by atoms with Crippen molar-refractivity contribution in [3.8, 4) is 0 Å². The highest BCUT2D eigenvalue weighted by Crippen LogP contribution is 2.21. The summed E-state index contributed by atoms with van der Waals surface area (Å²) in [6.07, 6.45) is 1.55. The van der Waals surface area contributed by atoms with Gasteiger partial charge in [0.05, 0.1) is 13.0 Å². The lowest BCUT2D eigenvalue weighted by molar-refractivity contribution is -0.136. The van der Waals surface area contributed by atoms with Crippen molar-refractivity contribution in [3.05, 3.63) is 29.8 Å². The first-order chi connectivity index (χ1) is 14.3. The van der Waals surface area contributed by atoms with E-state index in [0.29, 0.717) is 37.9 Å². The minimum atomic E-state index is -0.112. The van der Waals surface area contributed by atoms with Crippen LogP contribution in [0.2, 0.25) is 0 Å². The van der Waals surface area contributed by atoms with Gasteiger partial charge in [-0.05, 0) is 36.0 Å². The number of carbonyl (C=O) groups excluding carboxylic acids is 3. The van der Waals surface area contributed by atoms with Crippen LogP contribution in [0.15, 0.2) is 24.3 Å². The molecule has 7 heteroatoms. The Hall–Kier alpha value is -2.41. The molecular formula is C23H34N4O3. The fourth-order valence-electron chi connectivity index (χ4n) is 4.51. The van der Waals surface area contributed by atoms with Crippen molar-refractivity contribution >= 4 is 23.4 Å². The lowest BCUT2D eigenvalue weighted by Gasteiger charge is -2.38. The summed E-state index contributed by atoms with van der Waals surface area (Å²) in [5.41, 5.74) is 1.66. The molecule has 2 unspecified atom stereocenters. The van der Waals surface area contributed by atoms with E-state index in [9.17, 15) is 14.4 Å². The van der Waals surface area contributed by atoms with Crippen LogP contribution < -0.4 is 5.32 Å². The Kier molecular flexibility index (Phi) is 7.48. The summed E-state index contributed by atoms with van der Waals surface area (Å²) in [5.74, 6) is 1.35. The molecule has 2 fully saturated rings. The summed E-state index contributed by atoms with van der Waals surface area (Å²) < 4.78 is 0. The molecule has 2 aliphatic heterocycles. The molecule has 0 spiro atoms. The summed E-state index contributed by atoms with van der Waals surface area (Å²) in [6, 6.07) is 7.38. The molecule has 30 heavy (non-hydrogen) atoms. The molecule has 1 aromatic carbocycles. The Bertz CT molecular complexity index is 746. The highest BCUT2D eigenvalue weighted by atomic mass is 16.2. The van der Waals surface area contributed by atoms with Gasteiger partial charge in [-0.2, -0.15) is 0 Å². The fraction of sp³-hybridized carbons (Fsp3) is 0.609. The van der Waals surface area contributed by atoms with Gasteiger partial charge in [-0.15, -0.1) is 0 Å². The predicted molar refractivity (Wildman–Crippen MR) is 117 cm³/mol. The second kappa shape index (κ2) is 10.1.